The highest BCUT2D eigenvalue weighted by Crippen LogP contribution is 2.31. The van der Waals surface area contributed by atoms with E-state index < -0.39 is 5.97 Å². The highest BCUT2D eigenvalue weighted by atomic mass is 16.4. The van der Waals surface area contributed by atoms with E-state index in [1.54, 1.807) is 6.20 Å². The van der Waals surface area contributed by atoms with Gasteiger partial charge in [0.05, 0.1) is 12.0 Å². The van der Waals surface area contributed by atoms with E-state index in [-0.39, 0.29) is 18.3 Å². The number of nitriles is 1. The smallest absolute Gasteiger partial charge is 0.305 e. The molecule has 1 aromatic rings. The van der Waals surface area contributed by atoms with Crippen molar-refractivity contribution >= 4 is 5.97 Å². The summed E-state index contributed by atoms with van der Waals surface area (Å²) in [6, 6.07) is 2.21. The van der Waals surface area contributed by atoms with Gasteiger partial charge in [-0.1, -0.05) is 27.7 Å². The summed E-state index contributed by atoms with van der Waals surface area (Å²) in [7, 11) is 0. The minimum atomic E-state index is -0.817. The number of hydrogen-bond donors (Lipinski definition) is 1. The molecule has 0 spiro atoms. The fraction of sp³-hybridized carbons (Fsp3) is 0.571. The quantitative estimate of drug-likeness (QED) is 0.870. The van der Waals surface area contributed by atoms with Gasteiger partial charge in [-0.3, -0.25) is 4.79 Å². The van der Waals surface area contributed by atoms with Crippen LogP contribution >= 0.6 is 0 Å². The minimum absolute atomic E-state index is 0.0802. The Balaban J connectivity index is 3.26. The van der Waals surface area contributed by atoms with Gasteiger partial charge in [-0.05, 0) is 17.4 Å². The maximum absolute atomic E-state index is 10.7. The Bertz CT molecular complexity index is 479. The van der Waals surface area contributed by atoms with E-state index in [9.17, 15) is 10.1 Å². The molecule has 0 saturated carbocycles. The van der Waals surface area contributed by atoms with Crippen molar-refractivity contribution in [2.45, 2.75) is 52.5 Å². The number of nitrogens with zero attached hydrogens (tertiary/aromatic N) is 2. The van der Waals surface area contributed by atoms with Gasteiger partial charge in [0, 0.05) is 18.4 Å². The Labute approximate surface area is 108 Å². The van der Waals surface area contributed by atoms with E-state index in [2.05, 4.69) is 33.8 Å². The van der Waals surface area contributed by atoms with Crippen LogP contribution in [-0.2, 0) is 11.3 Å². The summed E-state index contributed by atoms with van der Waals surface area (Å²) >= 11 is 0. The summed E-state index contributed by atoms with van der Waals surface area (Å²) < 4.78 is 1.92. The zero-order chi connectivity index (χ0) is 13.9. The SMILES string of the molecule is CC(C)c1c(C#N)cn(CCC(=O)O)c1C(C)C. The van der Waals surface area contributed by atoms with Crippen molar-refractivity contribution in [2.75, 3.05) is 0 Å². The number of rotatable bonds is 5. The Morgan fingerprint density at radius 3 is 2.39 bits per heavy atom. The molecular formula is C14H20N2O2. The summed E-state index contributed by atoms with van der Waals surface area (Å²) in [5, 5.41) is 18.0. The molecule has 1 N–H and O–H groups in total. The lowest BCUT2D eigenvalue weighted by molar-refractivity contribution is -0.137. The van der Waals surface area contributed by atoms with E-state index in [0.717, 1.165) is 11.3 Å². The van der Waals surface area contributed by atoms with Gasteiger partial charge >= 0.3 is 5.97 Å². The number of hydrogen-bond acceptors (Lipinski definition) is 2. The van der Waals surface area contributed by atoms with Gasteiger partial charge in [0.1, 0.15) is 6.07 Å². The molecule has 0 aromatic carbocycles. The van der Waals surface area contributed by atoms with Crippen LogP contribution < -0.4 is 0 Å². The Morgan fingerprint density at radius 1 is 1.39 bits per heavy atom. The highest BCUT2D eigenvalue weighted by molar-refractivity contribution is 5.66. The van der Waals surface area contributed by atoms with E-state index in [0.29, 0.717) is 12.1 Å². The van der Waals surface area contributed by atoms with Crippen molar-refractivity contribution in [3.63, 3.8) is 0 Å². The Morgan fingerprint density at radius 2 is 2.00 bits per heavy atom. The molecule has 0 bridgehead atoms. The molecule has 1 rings (SSSR count). The highest BCUT2D eigenvalue weighted by Gasteiger charge is 2.20. The van der Waals surface area contributed by atoms with Crippen LogP contribution in [0.4, 0.5) is 0 Å². The molecule has 0 atom stereocenters. The van der Waals surface area contributed by atoms with E-state index in [1.807, 2.05) is 4.57 Å². The molecule has 0 saturated heterocycles. The molecule has 0 amide bonds. The zero-order valence-corrected chi connectivity index (χ0v) is 11.4. The number of carboxylic acid groups (broad SMARTS) is 1. The second kappa shape index (κ2) is 5.72. The van der Waals surface area contributed by atoms with Gasteiger partial charge in [-0.15, -0.1) is 0 Å². The molecule has 98 valence electrons. The standard InChI is InChI=1S/C14H20N2O2/c1-9(2)13-11(7-15)8-16(6-5-12(17)18)14(13)10(3)4/h8-10H,5-6H2,1-4H3,(H,17,18). The molecule has 0 unspecified atom stereocenters. The third kappa shape index (κ3) is 2.92. The monoisotopic (exact) mass is 248 g/mol. The van der Waals surface area contributed by atoms with Crippen molar-refractivity contribution in [3.05, 3.63) is 23.0 Å². The maximum Gasteiger partial charge on any atom is 0.305 e. The third-order valence-corrected chi connectivity index (χ3v) is 2.97. The molecule has 0 aliphatic heterocycles. The topological polar surface area (TPSA) is 66.0 Å². The van der Waals surface area contributed by atoms with Gasteiger partial charge in [0.15, 0.2) is 0 Å². The van der Waals surface area contributed by atoms with Crippen LogP contribution in [0.5, 0.6) is 0 Å². The van der Waals surface area contributed by atoms with E-state index in [1.165, 1.54) is 0 Å². The summed E-state index contributed by atoms with van der Waals surface area (Å²) in [4.78, 5) is 10.7. The van der Waals surface area contributed by atoms with Crippen LogP contribution in [0.25, 0.3) is 0 Å². The first-order chi connectivity index (χ1) is 8.38. The fourth-order valence-electron chi connectivity index (χ4n) is 2.33. The molecule has 4 heteroatoms. The largest absolute Gasteiger partial charge is 0.481 e. The Kier molecular flexibility index (Phi) is 4.55. The summed E-state index contributed by atoms with van der Waals surface area (Å²) in [6.07, 6.45) is 1.87. The maximum atomic E-state index is 10.7. The van der Waals surface area contributed by atoms with Crippen LogP contribution in [0.3, 0.4) is 0 Å². The molecule has 0 fully saturated rings. The van der Waals surface area contributed by atoms with Crippen molar-refractivity contribution in [1.82, 2.24) is 4.57 Å². The first kappa shape index (κ1) is 14.3. The lowest BCUT2D eigenvalue weighted by atomic mass is 9.94. The second-order valence-electron chi connectivity index (χ2n) is 5.10. The molecule has 0 radical (unpaired) electrons. The van der Waals surface area contributed by atoms with Crippen molar-refractivity contribution in [1.29, 1.82) is 5.26 Å². The first-order valence-corrected chi connectivity index (χ1v) is 6.23. The van der Waals surface area contributed by atoms with Crippen LogP contribution in [0, 0.1) is 11.3 Å². The van der Waals surface area contributed by atoms with Gasteiger partial charge in [0.2, 0.25) is 0 Å². The van der Waals surface area contributed by atoms with Crippen LogP contribution in [-0.4, -0.2) is 15.6 Å². The lowest BCUT2D eigenvalue weighted by Gasteiger charge is -2.15. The first-order valence-electron chi connectivity index (χ1n) is 6.23. The summed E-state index contributed by atoms with van der Waals surface area (Å²) in [5.74, 6) is -0.274. The number of carboxylic acids is 1. The second-order valence-corrected chi connectivity index (χ2v) is 5.10. The van der Waals surface area contributed by atoms with Crippen LogP contribution in [0.2, 0.25) is 0 Å². The molecule has 18 heavy (non-hydrogen) atoms. The molecule has 1 heterocycles. The summed E-state index contributed by atoms with van der Waals surface area (Å²) in [6.45, 7) is 8.68. The van der Waals surface area contributed by atoms with Gasteiger partial charge in [-0.25, -0.2) is 0 Å². The molecular weight excluding hydrogens is 228 g/mol. The number of aliphatic carboxylic acids is 1. The van der Waals surface area contributed by atoms with E-state index in [4.69, 9.17) is 5.11 Å². The van der Waals surface area contributed by atoms with Gasteiger partial charge in [-0.2, -0.15) is 5.26 Å². The average Bonchev–Trinajstić information content (AvgIpc) is 2.64. The zero-order valence-electron chi connectivity index (χ0n) is 11.4. The predicted octanol–water partition coefficient (Wildman–Crippen LogP) is 3.08. The number of aryl methyl sites for hydroxylation is 1. The van der Waals surface area contributed by atoms with Gasteiger partial charge in [0.25, 0.3) is 0 Å². The number of aromatic nitrogens is 1. The molecule has 0 aliphatic rings. The molecule has 0 aliphatic carbocycles. The normalized spacial score (nSPS) is 10.9. The van der Waals surface area contributed by atoms with Crippen LogP contribution in [0.15, 0.2) is 6.20 Å². The van der Waals surface area contributed by atoms with E-state index >= 15 is 0 Å². The number of carbonyl (C=O) groups is 1. The van der Waals surface area contributed by atoms with Crippen molar-refractivity contribution in [3.8, 4) is 6.07 Å². The third-order valence-electron chi connectivity index (χ3n) is 2.97. The minimum Gasteiger partial charge on any atom is -0.481 e. The lowest BCUT2D eigenvalue weighted by Crippen LogP contribution is -2.09. The predicted molar refractivity (Wildman–Crippen MR) is 69.6 cm³/mol. The molecule has 4 nitrogen and oxygen atoms in total. The molecule has 1 aromatic heterocycles. The van der Waals surface area contributed by atoms with Crippen molar-refractivity contribution in [2.24, 2.45) is 0 Å². The van der Waals surface area contributed by atoms with Crippen LogP contribution in [0.1, 0.15) is 62.8 Å². The van der Waals surface area contributed by atoms with Crippen molar-refractivity contribution < 1.29 is 9.90 Å². The Hall–Kier alpha value is -1.76. The fourth-order valence-corrected chi connectivity index (χ4v) is 2.33. The summed E-state index contributed by atoms with van der Waals surface area (Å²) in [5.41, 5.74) is 2.81. The van der Waals surface area contributed by atoms with Gasteiger partial charge < -0.3 is 9.67 Å². The average molecular weight is 248 g/mol.